The van der Waals surface area contributed by atoms with Crippen LogP contribution in [-0.4, -0.2) is 28.4 Å². The van der Waals surface area contributed by atoms with E-state index in [1.807, 2.05) is 104 Å². The molecule has 3 aromatic carbocycles. The first-order valence-electron chi connectivity index (χ1n) is 13.4. The van der Waals surface area contributed by atoms with E-state index in [9.17, 15) is 4.79 Å². The van der Waals surface area contributed by atoms with E-state index in [1.54, 1.807) is 11.7 Å². The normalized spacial score (nSPS) is 13.8. The van der Waals surface area contributed by atoms with Crippen LogP contribution in [-0.2, 0) is 11.3 Å². The number of hydrogen-bond acceptors (Lipinski definition) is 4. The molecule has 0 bridgehead atoms. The number of aromatic amines is 1. The van der Waals surface area contributed by atoms with Crippen LogP contribution in [0.1, 0.15) is 28.2 Å². The predicted molar refractivity (Wildman–Crippen MR) is 163 cm³/mol. The Balaban J connectivity index is 1.28. The summed E-state index contributed by atoms with van der Waals surface area (Å²) in [5, 5.41) is 3.97. The van der Waals surface area contributed by atoms with E-state index in [1.165, 1.54) is 0 Å². The van der Waals surface area contributed by atoms with Crippen LogP contribution in [0.2, 0.25) is 0 Å². The third kappa shape index (κ3) is 5.43. The molecule has 1 amide bonds. The molecule has 41 heavy (non-hydrogen) atoms. The van der Waals surface area contributed by atoms with Crippen molar-refractivity contribution in [1.82, 2.24) is 9.55 Å². The number of benzene rings is 3. The maximum absolute atomic E-state index is 13.7. The van der Waals surface area contributed by atoms with E-state index < -0.39 is 0 Å². The number of amides is 1. The zero-order valence-corrected chi connectivity index (χ0v) is 23.1. The van der Waals surface area contributed by atoms with Crippen LogP contribution in [0, 0.1) is 13.8 Å². The lowest BCUT2D eigenvalue weighted by Gasteiger charge is -2.12. The van der Waals surface area contributed by atoms with E-state index in [0.29, 0.717) is 35.2 Å². The molecule has 0 fully saturated rings. The van der Waals surface area contributed by atoms with E-state index in [4.69, 9.17) is 14.5 Å². The van der Waals surface area contributed by atoms with Crippen LogP contribution < -0.4 is 10.1 Å². The smallest absolute Gasteiger partial charge is 0.331 e. The maximum Gasteiger partial charge on any atom is 0.331 e. The molecule has 5 aromatic rings. The van der Waals surface area contributed by atoms with Crippen LogP contribution in [0.4, 0.5) is 10.5 Å². The fourth-order valence-electron chi connectivity index (χ4n) is 4.97. The summed E-state index contributed by atoms with van der Waals surface area (Å²) in [4.78, 5) is 22.0. The van der Waals surface area contributed by atoms with E-state index in [-0.39, 0.29) is 6.03 Å². The van der Waals surface area contributed by atoms with Gasteiger partial charge in [0.05, 0.1) is 24.0 Å². The molecular formula is C34H30N4O3. The molecule has 3 heterocycles. The highest BCUT2D eigenvalue weighted by Crippen LogP contribution is 2.29. The molecule has 0 unspecified atom stereocenters. The first-order valence-corrected chi connectivity index (χ1v) is 13.4. The van der Waals surface area contributed by atoms with Gasteiger partial charge in [0.2, 0.25) is 0 Å². The molecule has 7 heteroatoms. The largest absolute Gasteiger partial charge is 0.494 e. The molecule has 7 nitrogen and oxygen atoms in total. The third-order valence-corrected chi connectivity index (χ3v) is 6.98. The monoisotopic (exact) mass is 542 g/mol. The van der Waals surface area contributed by atoms with E-state index in [2.05, 4.69) is 23.3 Å². The minimum absolute atomic E-state index is 0.289. The zero-order valence-electron chi connectivity index (χ0n) is 23.1. The van der Waals surface area contributed by atoms with Crippen molar-refractivity contribution >= 4 is 34.4 Å². The number of rotatable bonds is 7. The van der Waals surface area contributed by atoms with Gasteiger partial charge in [-0.05, 0) is 73.5 Å². The number of fused-ring (bicyclic) bond motifs is 1. The lowest BCUT2D eigenvalue weighted by Crippen LogP contribution is -2.22. The Bertz CT molecular complexity index is 1820. The van der Waals surface area contributed by atoms with Gasteiger partial charge in [-0.3, -0.25) is 4.57 Å². The number of aromatic nitrogens is 2. The summed E-state index contributed by atoms with van der Waals surface area (Å²) < 4.78 is 13.2. The number of carbonyl (C=O) groups excluding carboxylic acids is 1. The highest BCUT2D eigenvalue weighted by Gasteiger charge is 2.24. The molecule has 0 aliphatic carbocycles. The highest BCUT2D eigenvalue weighted by atomic mass is 16.5. The summed E-state index contributed by atoms with van der Waals surface area (Å²) in [5.41, 5.74) is 7.71. The maximum atomic E-state index is 13.7. The molecule has 0 radical (unpaired) electrons. The number of H-pyrrole nitrogens is 1. The van der Waals surface area contributed by atoms with Gasteiger partial charge in [-0.2, -0.15) is 0 Å². The van der Waals surface area contributed by atoms with Gasteiger partial charge in [0.1, 0.15) is 23.8 Å². The fraction of sp³-hybridized carbons (Fsp3) is 0.118. The quantitative estimate of drug-likeness (QED) is 0.222. The predicted octanol–water partition coefficient (Wildman–Crippen LogP) is 7.62. The minimum atomic E-state index is -0.289. The van der Waals surface area contributed by atoms with Crippen molar-refractivity contribution in [3.63, 3.8) is 0 Å². The Kier molecular flexibility index (Phi) is 7.00. The topological polar surface area (TPSA) is 80.6 Å². The highest BCUT2D eigenvalue weighted by molar-refractivity contribution is 6.16. The average molecular weight is 543 g/mol. The molecule has 0 saturated carbocycles. The molecule has 2 aromatic heterocycles. The van der Waals surface area contributed by atoms with E-state index >= 15 is 0 Å². The summed E-state index contributed by atoms with van der Waals surface area (Å²) in [6.45, 7) is 4.55. The van der Waals surface area contributed by atoms with Crippen molar-refractivity contribution < 1.29 is 14.3 Å². The second-order valence-electron chi connectivity index (χ2n) is 9.94. The Morgan fingerprint density at radius 2 is 1.73 bits per heavy atom. The summed E-state index contributed by atoms with van der Waals surface area (Å²) in [5.74, 6) is 1.36. The molecule has 1 aliphatic heterocycles. The second kappa shape index (κ2) is 11.1. The Morgan fingerprint density at radius 3 is 2.46 bits per heavy atom. The van der Waals surface area contributed by atoms with Crippen molar-refractivity contribution in [1.29, 1.82) is 0 Å². The number of methoxy groups -OCH3 is 1. The van der Waals surface area contributed by atoms with Gasteiger partial charge in [0.25, 0.3) is 0 Å². The molecular weight excluding hydrogens is 512 g/mol. The Labute approximate surface area is 238 Å². The molecule has 1 aliphatic rings. The number of aryl methyl sites for hydroxylation is 2. The SMILES string of the molecule is COC1=CC(c2cc3ccccc3n2C(=O)Nc2ccc(OCc3ccccc3)cc2)=NC1=Cc1[nH]c(C)cc1C. The summed E-state index contributed by atoms with van der Waals surface area (Å²) in [6.07, 6.45) is 3.84. The number of ether oxygens (including phenoxy) is 2. The van der Waals surface area contributed by atoms with Gasteiger partial charge in [-0.1, -0.05) is 48.5 Å². The van der Waals surface area contributed by atoms with Crippen molar-refractivity contribution in [3.8, 4) is 5.75 Å². The minimum Gasteiger partial charge on any atom is -0.494 e. The number of anilines is 1. The number of aliphatic imine (C=N–C) groups is 1. The van der Waals surface area contributed by atoms with Gasteiger partial charge in [0, 0.05) is 28.5 Å². The Hall–Kier alpha value is -5.30. The van der Waals surface area contributed by atoms with Gasteiger partial charge in [-0.15, -0.1) is 0 Å². The standard InChI is InChI=1S/C34H30N4O3/c1-22-17-23(2)35-28(22)19-30-33(40-3)20-29(37-30)32-18-25-11-7-8-12-31(25)38(32)34(39)36-26-13-15-27(16-14-26)41-21-24-9-5-4-6-10-24/h4-20,35H,21H2,1-3H3,(H,36,39). The fourth-order valence-corrected chi connectivity index (χ4v) is 4.97. The van der Waals surface area contributed by atoms with Crippen LogP contribution in [0.15, 0.2) is 114 Å². The van der Waals surface area contributed by atoms with Crippen LogP contribution in [0.3, 0.4) is 0 Å². The number of allylic oxidation sites excluding steroid dienone is 1. The molecule has 0 atom stereocenters. The summed E-state index contributed by atoms with van der Waals surface area (Å²) >= 11 is 0. The molecule has 0 spiro atoms. The molecule has 204 valence electrons. The number of hydrogen-bond donors (Lipinski definition) is 2. The van der Waals surface area contributed by atoms with Crippen molar-refractivity contribution in [2.45, 2.75) is 20.5 Å². The van der Waals surface area contributed by atoms with Crippen molar-refractivity contribution in [2.24, 2.45) is 4.99 Å². The number of nitrogens with one attached hydrogen (secondary N) is 2. The molecule has 6 rings (SSSR count). The first kappa shape index (κ1) is 26.0. The number of nitrogens with zero attached hydrogens (tertiary/aromatic N) is 2. The average Bonchev–Trinajstić information content (AvgIpc) is 3.67. The lowest BCUT2D eigenvalue weighted by atomic mass is 10.2. The van der Waals surface area contributed by atoms with Crippen LogP contribution >= 0.6 is 0 Å². The zero-order chi connectivity index (χ0) is 28.3. The number of carbonyl (C=O) groups is 1. The van der Waals surface area contributed by atoms with Gasteiger partial charge in [0.15, 0.2) is 0 Å². The number of para-hydroxylation sites is 1. The van der Waals surface area contributed by atoms with Crippen LogP contribution in [0.25, 0.3) is 17.0 Å². The van der Waals surface area contributed by atoms with Crippen molar-refractivity contribution in [2.75, 3.05) is 12.4 Å². The molecule has 0 saturated heterocycles. The van der Waals surface area contributed by atoms with Crippen LogP contribution in [0.5, 0.6) is 5.75 Å². The van der Waals surface area contributed by atoms with Crippen molar-refractivity contribution in [3.05, 3.63) is 137 Å². The summed E-state index contributed by atoms with van der Waals surface area (Å²) in [6, 6.07) is 28.9. The Morgan fingerprint density at radius 1 is 0.976 bits per heavy atom. The van der Waals surface area contributed by atoms with Gasteiger partial charge >= 0.3 is 6.03 Å². The third-order valence-electron chi connectivity index (χ3n) is 6.98. The van der Waals surface area contributed by atoms with E-state index in [0.717, 1.165) is 39.2 Å². The second-order valence-corrected chi connectivity index (χ2v) is 9.94. The molecule has 2 N–H and O–H groups in total. The first-order chi connectivity index (χ1) is 20.0. The summed E-state index contributed by atoms with van der Waals surface area (Å²) in [7, 11) is 1.63. The van der Waals surface area contributed by atoms with Gasteiger partial charge in [-0.25, -0.2) is 9.79 Å². The lowest BCUT2D eigenvalue weighted by molar-refractivity contribution is 0.254. The van der Waals surface area contributed by atoms with Gasteiger partial charge < -0.3 is 19.8 Å².